The van der Waals surface area contributed by atoms with Crippen LogP contribution in [0.4, 0.5) is 0 Å². The maximum Gasteiger partial charge on any atom is 0.241 e. The molecule has 0 aliphatic heterocycles. The van der Waals surface area contributed by atoms with Crippen molar-refractivity contribution < 1.29 is 13.2 Å². The SMILES string of the molecule is CCCOc1cc(S(=O)(=O)NC(C)(C)CC(C)(C)C)ccc1Cl. The topological polar surface area (TPSA) is 55.4 Å². The first-order valence-corrected chi connectivity index (χ1v) is 9.69. The summed E-state index contributed by atoms with van der Waals surface area (Å²) in [6.07, 6.45) is 1.54. The van der Waals surface area contributed by atoms with E-state index in [1.165, 1.54) is 12.1 Å². The minimum Gasteiger partial charge on any atom is -0.492 e. The van der Waals surface area contributed by atoms with Crippen molar-refractivity contribution in [3.63, 3.8) is 0 Å². The van der Waals surface area contributed by atoms with Crippen LogP contribution in [0, 0.1) is 5.41 Å². The highest BCUT2D eigenvalue weighted by Crippen LogP contribution is 2.30. The van der Waals surface area contributed by atoms with Crippen LogP contribution in [0.1, 0.15) is 54.4 Å². The summed E-state index contributed by atoms with van der Waals surface area (Å²) < 4.78 is 33.6. The number of benzene rings is 1. The van der Waals surface area contributed by atoms with E-state index >= 15 is 0 Å². The molecule has 0 fully saturated rings. The van der Waals surface area contributed by atoms with Crippen molar-refractivity contribution in [2.45, 2.75) is 64.8 Å². The molecule has 0 aliphatic carbocycles. The van der Waals surface area contributed by atoms with E-state index in [1.807, 2.05) is 20.8 Å². The Labute approximate surface area is 145 Å². The highest BCUT2D eigenvalue weighted by molar-refractivity contribution is 7.89. The summed E-state index contributed by atoms with van der Waals surface area (Å²) in [7, 11) is -3.64. The molecule has 1 N–H and O–H groups in total. The van der Waals surface area contributed by atoms with Gasteiger partial charge < -0.3 is 4.74 Å². The van der Waals surface area contributed by atoms with E-state index in [9.17, 15) is 8.42 Å². The predicted molar refractivity (Wildman–Crippen MR) is 95.7 cm³/mol. The standard InChI is InChI=1S/C17H28ClNO3S/c1-7-10-22-15-11-13(8-9-14(15)18)23(20,21)19-17(5,6)12-16(2,3)4/h8-9,11,19H,7,10,12H2,1-6H3. The number of halogens is 1. The van der Waals surface area contributed by atoms with Crippen LogP contribution in [-0.2, 0) is 10.0 Å². The fourth-order valence-corrected chi connectivity index (χ4v) is 4.36. The first-order chi connectivity index (χ1) is 10.4. The van der Waals surface area contributed by atoms with Gasteiger partial charge in [0.05, 0.1) is 16.5 Å². The molecule has 0 unspecified atom stereocenters. The number of nitrogens with one attached hydrogen (secondary N) is 1. The summed E-state index contributed by atoms with van der Waals surface area (Å²) in [4.78, 5) is 0.162. The second-order valence-electron chi connectivity index (χ2n) is 7.67. The molecule has 0 amide bonds. The summed E-state index contributed by atoms with van der Waals surface area (Å²) >= 11 is 6.06. The van der Waals surface area contributed by atoms with Gasteiger partial charge in [-0.1, -0.05) is 39.3 Å². The fourth-order valence-electron chi connectivity index (χ4n) is 2.76. The minimum absolute atomic E-state index is 0.0153. The minimum atomic E-state index is -3.64. The third kappa shape index (κ3) is 6.69. The molecule has 0 atom stereocenters. The summed E-state index contributed by atoms with van der Waals surface area (Å²) in [5, 5.41) is 0.409. The van der Waals surface area contributed by atoms with Crippen LogP contribution >= 0.6 is 11.6 Å². The third-order valence-corrected chi connectivity index (χ3v) is 5.07. The first kappa shape index (κ1) is 20.3. The molecule has 4 nitrogen and oxygen atoms in total. The predicted octanol–water partition coefficient (Wildman–Crippen LogP) is 4.62. The van der Waals surface area contributed by atoms with Crippen LogP contribution in [0.25, 0.3) is 0 Å². The molecule has 0 saturated carbocycles. The van der Waals surface area contributed by atoms with Gasteiger partial charge in [0.25, 0.3) is 0 Å². The lowest BCUT2D eigenvalue weighted by molar-refractivity contribution is 0.269. The summed E-state index contributed by atoms with van der Waals surface area (Å²) in [5.74, 6) is 0.394. The Hall–Kier alpha value is -0.780. The molecule has 0 aliphatic rings. The van der Waals surface area contributed by atoms with Gasteiger partial charge in [0.2, 0.25) is 10.0 Å². The van der Waals surface area contributed by atoms with E-state index in [1.54, 1.807) is 6.07 Å². The van der Waals surface area contributed by atoms with Crippen LogP contribution in [0.2, 0.25) is 5.02 Å². The van der Waals surface area contributed by atoms with Crippen LogP contribution in [0.15, 0.2) is 23.1 Å². The van der Waals surface area contributed by atoms with Crippen molar-refractivity contribution >= 4 is 21.6 Å². The van der Waals surface area contributed by atoms with Crippen LogP contribution in [0.3, 0.4) is 0 Å². The molecule has 23 heavy (non-hydrogen) atoms. The van der Waals surface area contributed by atoms with Crippen LogP contribution in [0.5, 0.6) is 5.75 Å². The first-order valence-electron chi connectivity index (χ1n) is 7.83. The van der Waals surface area contributed by atoms with Gasteiger partial charge in [0.1, 0.15) is 5.75 Å². The van der Waals surface area contributed by atoms with Gasteiger partial charge in [-0.05, 0) is 44.2 Å². The zero-order chi connectivity index (χ0) is 17.9. The highest BCUT2D eigenvalue weighted by Gasteiger charge is 2.30. The normalized spacial score (nSPS) is 13.2. The van der Waals surface area contributed by atoms with E-state index in [-0.39, 0.29) is 10.3 Å². The number of sulfonamides is 1. The average Bonchev–Trinajstić information content (AvgIpc) is 2.33. The summed E-state index contributed by atoms with van der Waals surface area (Å²) in [5.41, 5.74) is -0.539. The van der Waals surface area contributed by atoms with Crippen molar-refractivity contribution in [1.82, 2.24) is 4.72 Å². The Morgan fingerprint density at radius 3 is 2.30 bits per heavy atom. The fraction of sp³-hybridized carbons (Fsp3) is 0.647. The van der Waals surface area contributed by atoms with Gasteiger partial charge >= 0.3 is 0 Å². The zero-order valence-corrected chi connectivity index (χ0v) is 16.4. The Kier molecular flexibility index (Phi) is 6.53. The molecule has 0 bridgehead atoms. The van der Waals surface area contributed by atoms with Crippen LogP contribution in [-0.4, -0.2) is 20.6 Å². The van der Waals surface area contributed by atoms with Crippen molar-refractivity contribution in [2.75, 3.05) is 6.61 Å². The maximum atomic E-state index is 12.7. The molecule has 6 heteroatoms. The molecular formula is C17H28ClNO3S. The Morgan fingerprint density at radius 2 is 1.78 bits per heavy atom. The van der Waals surface area contributed by atoms with E-state index < -0.39 is 15.6 Å². The van der Waals surface area contributed by atoms with Crippen molar-refractivity contribution in [1.29, 1.82) is 0 Å². The van der Waals surface area contributed by atoms with Crippen molar-refractivity contribution in [3.8, 4) is 5.75 Å². The smallest absolute Gasteiger partial charge is 0.241 e. The Morgan fingerprint density at radius 1 is 1.17 bits per heavy atom. The van der Waals surface area contributed by atoms with Gasteiger partial charge in [0.15, 0.2) is 0 Å². The van der Waals surface area contributed by atoms with Gasteiger partial charge in [-0.2, -0.15) is 0 Å². The van der Waals surface area contributed by atoms with Crippen molar-refractivity contribution in [3.05, 3.63) is 23.2 Å². The van der Waals surface area contributed by atoms with Gasteiger partial charge in [0, 0.05) is 11.6 Å². The molecule has 1 aromatic rings. The molecule has 0 radical (unpaired) electrons. The van der Waals surface area contributed by atoms with Crippen molar-refractivity contribution in [2.24, 2.45) is 5.41 Å². The second-order valence-corrected chi connectivity index (χ2v) is 9.76. The van der Waals surface area contributed by atoms with Gasteiger partial charge in [-0.3, -0.25) is 0 Å². The van der Waals surface area contributed by atoms with Gasteiger partial charge in [-0.15, -0.1) is 0 Å². The Bertz CT molecular complexity index is 634. The number of rotatable bonds is 7. The molecule has 1 rings (SSSR count). The van der Waals surface area contributed by atoms with E-state index in [4.69, 9.17) is 16.3 Å². The van der Waals surface area contributed by atoms with E-state index in [2.05, 4.69) is 25.5 Å². The zero-order valence-electron chi connectivity index (χ0n) is 14.9. The summed E-state index contributed by atoms with van der Waals surface area (Å²) in [6.45, 7) is 12.5. The molecule has 0 heterocycles. The largest absolute Gasteiger partial charge is 0.492 e. The second kappa shape index (κ2) is 7.41. The van der Waals surface area contributed by atoms with Gasteiger partial charge in [-0.25, -0.2) is 13.1 Å². The van der Waals surface area contributed by atoms with E-state index in [0.29, 0.717) is 23.8 Å². The monoisotopic (exact) mass is 361 g/mol. The third-order valence-electron chi connectivity index (χ3n) is 3.06. The summed E-state index contributed by atoms with van der Waals surface area (Å²) in [6, 6.07) is 4.53. The maximum absolute atomic E-state index is 12.7. The number of hydrogen-bond donors (Lipinski definition) is 1. The number of hydrogen-bond acceptors (Lipinski definition) is 3. The molecule has 0 spiro atoms. The molecular weight excluding hydrogens is 334 g/mol. The Balaban J connectivity index is 3.04. The molecule has 0 saturated heterocycles. The number of ether oxygens (including phenoxy) is 1. The van der Waals surface area contributed by atoms with E-state index in [0.717, 1.165) is 6.42 Å². The lowest BCUT2D eigenvalue weighted by Crippen LogP contribution is -2.45. The lowest BCUT2D eigenvalue weighted by Gasteiger charge is -2.33. The van der Waals surface area contributed by atoms with Crippen LogP contribution < -0.4 is 9.46 Å². The molecule has 132 valence electrons. The highest BCUT2D eigenvalue weighted by atomic mass is 35.5. The lowest BCUT2D eigenvalue weighted by atomic mass is 9.82. The molecule has 1 aromatic carbocycles. The quantitative estimate of drug-likeness (QED) is 0.770. The average molecular weight is 362 g/mol. The molecule has 0 aromatic heterocycles.